The third kappa shape index (κ3) is 6.13. The summed E-state index contributed by atoms with van der Waals surface area (Å²) >= 11 is 7.45. The topological polar surface area (TPSA) is 94.3 Å². The van der Waals surface area contributed by atoms with Gasteiger partial charge in [0.25, 0.3) is 0 Å². The summed E-state index contributed by atoms with van der Waals surface area (Å²) in [6.07, 6.45) is 1.34. The maximum atomic E-state index is 12.4. The monoisotopic (exact) mass is 433 g/mol. The van der Waals surface area contributed by atoms with Crippen LogP contribution in [0.25, 0.3) is 10.7 Å². The Hall–Kier alpha value is -2.71. The number of carbonyl (C=O) groups excluding carboxylic acids is 2. The first kappa shape index (κ1) is 21.0. The number of carbonyl (C=O) groups is 2. The van der Waals surface area contributed by atoms with E-state index in [1.54, 1.807) is 24.3 Å². The van der Waals surface area contributed by atoms with Crippen molar-refractivity contribution < 1.29 is 18.8 Å². The van der Waals surface area contributed by atoms with Crippen LogP contribution < -0.4 is 5.32 Å². The van der Waals surface area contributed by atoms with Crippen molar-refractivity contribution >= 4 is 34.8 Å². The van der Waals surface area contributed by atoms with Crippen LogP contribution in [-0.4, -0.2) is 29.1 Å². The first-order valence-corrected chi connectivity index (χ1v) is 10.3. The largest absolute Gasteiger partial charge is 0.469 e. The number of rotatable bonds is 9. The van der Waals surface area contributed by atoms with Gasteiger partial charge in [-0.25, -0.2) is 0 Å². The SMILES string of the molecule is COC(=O)CC(NC(=O)CCCc1nc(-c2cccs2)no1)c1ccc(Cl)cc1. The molecule has 0 saturated carbocycles. The van der Waals surface area contributed by atoms with Crippen LogP contribution in [-0.2, 0) is 20.7 Å². The Morgan fingerprint density at radius 1 is 1.28 bits per heavy atom. The van der Waals surface area contributed by atoms with E-state index in [0.717, 1.165) is 10.4 Å². The molecule has 0 saturated heterocycles. The molecule has 1 amide bonds. The third-order valence-corrected chi connectivity index (χ3v) is 5.33. The van der Waals surface area contributed by atoms with Gasteiger partial charge in [-0.1, -0.05) is 35.0 Å². The average Bonchev–Trinajstić information content (AvgIpc) is 3.40. The summed E-state index contributed by atoms with van der Waals surface area (Å²) in [6.45, 7) is 0. The minimum absolute atomic E-state index is 0.0394. The van der Waals surface area contributed by atoms with E-state index in [2.05, 4.69) is 15.5 Å². The zero-order chi connectivity index (χ0) is 20.6. The fourth-order valence-corrected chi connectivity index (χ4v) is 3.50. The molecule has 1 N–H and O–H groups in total. The maximum Gasteiger partial charge on any atom is 0.307 e. The Bertz CT molecular complexity index is 941. The quantitative estimate of drug-likeness (QED) is 0.508. The fraction of sp³-hybridized carbons (Fsp3) is 0.300. The molecular weight excluding hydrogens is 414 g/mol. The fourth-order valence-electron chi connectivity index (χ4n) is 2.73. The Morgan fingerprint density at radius 2 is 2.07 bits per heavy atom. The smallest absolute Gasteiger partial charge is 0.307 e. The second-order valence-electron chi connectivity index (χ2n) is 6.29. The third-order valence-electron chi connectivity index (χ3n) is 4.21. The van der Waals surface area contributed by atoms with Crippen molar-refractivity contribution in [3.8, 4) is 10.7 Å². The molecule has 0 spiro atoms. The summed E-state index contributed by atoms with van der Waals surface area (Å²) in [4.78, 5) is 29.4. The summed E-state index contributed by atoms with van der Waals surface area (Å²) in [6, 6.07) is 10.3. The van der Waals surface area contributed by atoms with Gasteiger partial charge in [0.15, 0.2) is 0 Å². The lowest BCUT2D eigenvalue weighted by molar-refractivity contribution is -0.141. The molecule has 9 heteroatoms. The molecule has 2 aromatic heterocycles. The molecule has 1 aromatic carbocycles. The Morgan fingerprint density at radius 3 is 2.76 bits per heavy atom. The number of methoxy groups -OCH3 is 1. The van der Waals surface area contributed by atoms with Crippen molar-refractivity contribution in [3.05, 3.63) is 58.3 Å². The van der Waals surface area contributed by atoms with E-state index in [0.29, 0.717) is 29.6 Å². The van der Waals surface area contributed by atoms with E-state index < -0.39 is 12.0 Å². The molecular formula is C20H20ClN3O4S. The normalized spacial score (nSPS) is 11.8. The van der Waals surface area contributed by atoms with Crippen LogP contribution in [0, 0.1) is 0 Å². The number of hydrogen-bond acceptors (Lipinski definition) is 7. The highest BCUT2D eigenvalue weighted by Crippen LogP contribution is 2.22. The van der Waals surface area contributed by atoms with Gasteiger partial charge >= 0.3 is 5.97 Å². The van der Waals surface area contributed by atoms with Gasteiger partial charge in [-0.05, 0) is 35.6 Å². The van der Waals surface area contributed by atoms with E-state index in [1.165, 1.54) is 18.4 Å². The highest BCUT2D eigenvalue weighted by atomic mass is 35.5. The number of halogens is 1. The first-order valence-electron chi connectivity index (χ1n) is 9.03. The van der Waals surface area contributed by atoms with Crippen molar-refractivity contribution in [1.29, 1.82) is 0 Å². The number of ether oxygens (including phenoxy) is 1. The van der Waals surface area contributed by atoms with Gasteiger partial charge in [0.05, 0.1) is 24.4 Å². The molecule has 2 heterocycles. The van der Waals surface area contributed by atoms with Gasteiger partial charge in [0.1, 0.15) is 0 Å². The molecule has 0 bridgehead atoms. The number of aromatic nitrogens is 2. The summed E-state index contributed by atoms with van der Waals surface area (Å²) in [5, 5.41) is 9.37. The van der Waals surface area contributed by atoms with Gasteiger partial charge in [-0.3, -0.25) is 9.59 Å². The number of esters is 1. The van der Waals surface area contributed by atoms with Gasteiger partial charge in [0, 0.05) is 17.9 Å². The minimum atomic E-state index is -0.485. The standard InChI is InChI=1S/C20H20ClN3O4S/c1-27-19(26)12-15(13-7-9-14(21)10-8-13)22-17(25)5-2-6-18-23-20(24-28-18)16-4-3-11-29-16/h3-4,7-11,15H,2,5-6,12H2,1H3,(H,22,25). The van der Waals surface area contributed by atoms with Crippen molar-refractivity contribution in [2.45, 2.75) is 31.7 Å². The first-order chi connectivity index (χ1) is 14.0. The van der Waals surface area contributed by atoms with Crippen LogP contribution in [0.5, 0.6) is 0 Å². The molecule has 3 aromatic rings. The average molecular weight is 434 g/mol. The predicted octanol–water partition coefficient (Wildman–Crippen LogP) is 4.19. The number of nitrogens with one attached hydrogen (secondary N) is 1. The molecule has 0 aliphatic rings. The number of thiophene rings is 1. The van der Waals surface area contributed by atoms with Crippen LogP contribution in [0.3, 0.4) is 0 Å². The van der Waals surface area contributed by atoms with E-state index in [-0.39, 0.29) is 18.7 Å². The minimum Gasteiger partial charge on any atom is -0.469 e. The van der Waals surface area contributed by atoms with Crippen molar-refractivity contribution in [3.63, 3.8) is 0 Å². The zero-order valence-corrected chi connectivity index (χ0v) is 17.3. The molecule has 7 nitrogen and oxygen atoms in total. The number of amides is 1. The second-order valence-corrected chi connectivity index (χ2v) is 7.68. The van der Waals surface area contributed by atoms with Crippen molar-refractivity contribution in [2.24, 2.45) is 0 Å². The zero-order valence-electron chi connectivity index (χ0n) is 15.8. The lowest BCUT2D eigenvalue weighted by Crippen LogP contribution is -2.30. The molecule has 29 heavy (non-hydrogen) atoms. The molecule has 3 rings (SSSR count). The van der Waals surface area contributed by atoms with Gasteiger partial charge < -0.3 is 14.6 Å². The van der Waals surface area contributed by atoms with Gasteiger partial charge in [-0.2, -0.15) is 4.98 Å². The molecule has 0 aliphatic heterocycles. The number of hydrogen-bond donors (Lipinski definition) is 1. The predicted molar refractivity (Wildman–Crippen MR) is 110 cm³/mol. The Kier molecular flexibility index (Phi) is 7.37. The molecule has 0 radical (unpaired) electrons. The molecule has 0 aliphatic carbocycles. The number of nitrogens with zero attached hydrogens (tertiary/aromatic N) is 2. The maximum absolute atomic E-state index is 12.4. The second kappa shape index (κ2) is 10.2. The lowest BCUT2D eigenvalue weighted by atomic mass is 10.0. The summed E-state index contributed by atoms with van der Waals surface area (Å²) in [7, 11) is 1.32. The van der Waals surface area contributed by atoms with E-state index in [9.17, 15) is 9.59 Å². The molecule has 0 fully saturated rings. The summed E-state index contributed by atoms with van der Waals surface area (Å²) in [5.74, 6) is 0.467. The van der Waals surface area contributed by atoms with E-state index >= 15 is 0 Å². The van der Waals surface area contributed by atoms with Crippen molar-refractivity contribution in [1.82, 2.24) is 15.5 Å². The number of aryl methyl sites for hydroxylation is 1. The van der Waals surface area contributed by atoms with Crippen LogP contribution in [0.4, 0.5) is 0 Å². The summed E-state index contributed by atoms with van der Waals surface area (Å²) < 4.78 is 9.98. The molecule has 1 atom stereocenters. The van der Waals surface area contributed by atoms with Crippen LogP contribution in [0.2, 0.25) is 5.02 Å². The van der Waals surface area contributed by atoms with E-state index in [4.69, 9.17) is 20.9 Å². The Labute approximate surface area is 177 Å². The lowest BCUT2D eigenvalue weighted by Gasteiger charge is -2.18. The Balaban J connectivity index is 1.53. The van der Waals surface area contributed by atoms with Gasteiger partial charge in [0.2, 0.25) is 17.6 Å². The highest BCUT2D eigenvalue weighted by Gasteiger charge is 2.19. The van der Waals surface area contributed by atoms with Crippen molar-refractivity contribution in [2.75, 3.05) is 7.11 Å². The highest BCUT2D eigenvalue weighted by molar-refractivity contribution is 7.13. The molecule has 152 valence electrons. The van der Waals surface area contributed by atoms with E-state index in [1.807, 2.05) is 17.5 Å². The van der Waals surface area contributed by atoms with Crippen LogP contribution >= 0.6 is 22.9 Å². The van der Waals surface area contributed by atoms with Gasteiger partial charge in [-0.15, -0.1) is 11.3 Å². The molecule has 1 unspecified atom stereocenters. The number of benzene rings is 1. The van der Waals surface area contributed by atoms with Crippen LogP contribution in [0.15, 0.2) is 46.3 Å². The van der Waals surface area contributed by atoms with Crippen LogP contribution in [0.1, 0.15) is 36.8 Å². The summed E-state index contributed by atoms with van der Waals surface area (Å²) in [5.41, 5.74) is 0.783.